The molecule has 0 aromatic heterocycles. The van der Waals surface area contributed by atoms with Crippen molar-refractivity contribution < 1.29 is 14.7 Å². The van der Waals surface area contributed by atoms with Crippen LogP contribution < -0.4 is 5.32 Å². The molecule has 0 aromatic rings. The van der Waals surface area contributed by atoms with Gasteiger partial charge in [-0.05, 0) is 25.7 Å². The molecule has 16 heavy (non-hydrogen) atoms. The van der Waals surface area contributed by atoms with Crippen LogP contribution in [-0.2, 0) is 4.79 Å². The quantitative estimate of drug-likeness (QED) is 0.761. The third-order valence-electron chi connectivity index (χ3n) is 2.98. The molecule has 1 aliphatic heterocycles. The summed E-state index contributed by atoms with van der Waals surface area (Å²) in [6, 6.07) is -1.08. The Bertz CT molecular complexity index is 268. The fourth-order valence-corrected chi connectivity index (χ4v) is 2.00. The summed E-state index contributed by atoms with van der Waals surface area (Å²) in [5.41, 5.74) is 0. The van der Waals surface area contributed by atoms with Gasteiger partial charge in [-0.2, -0.15) is 0 Å². The molecule has 0 aromatic carbocycles. The van der Waals surface area contributed by atoms with Gasteiger partial charge in [0.2, 0.25) is 0 Å². The van der Waals surface area contributed by atoms with Crippen molar-refractivity contribution in [1.29, 1.82) is 0 Å². The zero-order chi connectivity index (χ0) is 12.1. The van der Waals surface area contributed by atoms with Gasteiger partial charge in [0.05, 0.1) is 0 Å². The van der Waals surface area contributed by atoms with E-state index in [1.165, 1.54) is 6.92 Å². The minimum Gasteiger partial charge on any atom is -0.480 e. The van der Waals surface area contributed by atoms with E-state index in [2.05, 4.69) is 12.2 Å². The Morgan fingerprint density at radius 1 is 1.56 bits per heavy atom. The van der Waals surface area contributed by atoms with Crippen LogP contribution in [0.2, 0.25) is 0 Å². The number of amides is 2. The van der Waals surface area contributed by atoms with E-state index in [0.717, 1.165) is 32.4 Å². The molecular formula is C11H20N2O3. The van der Waals surface area contributed by atoms with E-state index >= 15 is 0 Å². The van der Waals surface area contributed by atoms with Crippen molar-refractivity contribution in [2.75, 3.05) is 13.1 Å². The van der Waals surface area contributed by atoms with Crippen molar-refractivity contribution in [3.05, 3.63) is 0 Å². The van der Waals surface area contributed by atoms with E-state index in [9.17, 15) is 9.59 Å². The Hall–Kier alpha value is -1.26. The maximum Gasteiger partial charge on any atom is 0.325 e. The zero-order valence-electron chi connectivity index (χ0n) is 9.90. The van der Waals surface area contributed by atoms with Gasteiger partial charge in [-0.3, -0.25) is 4.79 Å². The summed E-state index contributed by atoms with van der Waals surface area (Å²) < 4.78 is 0. The molecule has 0 radical (unpaired) electrons. The van der Waals surface area contributed by atoms with Crippen molar-refractivity contribution >= 4 is 12.0 Å². The standard InChI is InChI=1S/C11H20N2O3/c1-3-4-9-5-6-13(7-9)11(16)12-8(2)10(14)15/h8-9H,3-7H2,1-2H3,(H,12,16)(H,14,15). The van der Waals surface area contributed by atoms with Crippen LogP contribution in [0.4, 0.5) is 4.79 Å². The first-order valence-corrected chi connectivity index (χ1v) is 5.82. The van der Waals surface area contributed by atoms with Gasteiger partial charge in [-0.1, -0.05) is 13.3 Å². The van der Waals surface area contributed by atoms with Crippen LogP contribution in [0.25, 0.3) is 0 Å². The second-order valence-corrected chi connectivity index (χ2v) is 4.40. The lowest BCUT2D eigenvalue weighted by molar-refractivity contribution is -0.138. The molecule has 1 rings (SSSR count). The molecule has 5 nitrogen and oxygen atoms in total. The number of carboxylic acids is 1. The monoisotopic (exact) mass is 228 g/mol. The van der Waals surface area contributed by atoms with Crippen LogP contribution in [-0.4, -0.2) is 41.1 Å². The van der Waals surface area contributed by atoms with Gasteiger partial charge >= 0.3 is 12.0 Å². The number of aliphatic carboxylic acids is 1. The Kier molecular flexibility index (Phi) is 4.58. The van der Waals surface area contributed by atoms with Gasteiger partial charge in [0.1, 0.15) is 6.04 Å². The zero-order valence-corrected chi connectivity index (χ0v) is 9.90. The molecule has 2 unspecified atom stereocenters. The van der Waals surface area contributed by atoms with Crippen LogP contribution in [0.1, 0.15) is 33.1 Å². The van der Waals surface area contributed by atoms with E-state index in [-0.39, 0.29) is 6.03 Å². The SMILES string of the molecule is CCCC1CCN(C(=O)NC(C)C(=O)O)C1. The lowest BCUT2D eigenvalue weighted by Crippen LogP contribution is -2.45. The van der Waals surface area contributed by atoms with Crippen LogP contribution in [0.3, 0.4) is 0 Å². The Morgan fingerprint density at radius 2 is 2.25 bits per heavy atom. The lowest BCUT2D eigenvalue weighted by atomic mass is 10.0. The van der Waals surface area contributed by atoms with E-state index < -0.39 is 12.0 Å². The number of carbonyl (C=O) groups excluding carboxylic acids is 1. The minimum atomic E-state index is -1.00. The predicted octanol–water partition coefficient (Wildman–Crippen LogP) is 1.29. The van der Waals surface area contributed by atoms with Gasteiger partial charge in [0, 0.05) is 13.1 Å². The van der Waals surface area contributed by atoms with E-state index in [0.29, 0.717) is 5.92 Å². The number of hydrogen-bond acceptors (Lipinski definition) is 2. The largest absolute Gasteiger partial charge is 0.480 e. The molecule has 1 aliphatic rings. The van der Waals surface area contributed by atoms with Gasteiger partial charge in [-0.15, -0.1) is 0 Å². The summed E-state index contributed by atoms with van der Waals surface area (Å²) in [6.45, 7) is 5.10. The molecule has 2 N–H and O–H groups in total. The summed E-state index contributed by atoms with van der Waals surface area (Å²) in [4.78, 5) is 24.0. The van der Waals surface area contributed by atoms with Crippen LogP contribution >= 0.6 is 0 Å². The number of nitrogens with zero attached hydrogens (tertiary/aromatic N) is 1. The molecule has 1 saturated heterocycles. The van der Waals surface area contributed by atoms with Gasteiger partial charge < -0.3 is 15.3 Å². The molecule has 1 heterocycles. The third kappa shape index (κ3) is 3.40. The maximum atomic E-state index is 11.7. The highest BCUT2D eigenvalue weighted by molar-refractivity contribution is 5.82. The minimum absolute atomic E-state index is 0.256. The fraction of sp³-hybridized carbons (Fsp3) is 0.818. The Balaban J connectivity index is 2.36. The first-order chi connectivity index (χ1) is 7.54. The van der Waals surface area contributed by atoms with Crippen molar-refractivity contribution in [3.63, 3.8) is 0 Å². The highest BCUT2D eigenvalue weighted by Gasteiger charge is 2.27. The number of likely N-dealkylation sites (tertiary alicyclic amines) is 1. The summed E-state index contributed by atoms with van der Waals surface area (Å²) in [7, 11) is 0. The van der Waals surface area contributed by atoms with E-state index in [1.807, 2.05) is 0 Å². The number of carbonyl (C=O) groups is 2. The Morgan fingerprint density at radius 3 is 2.81 bits per heavy atom. The molecule has 2 amide bonds. The highest BCUT2D eigenvalue weighted by Crippen LogP contribution is 2.20. The third-order valence-corrected chi connectivity index (χ3v) is 2.98. The summed E-state index contributed by atoms with van der Waals surface area (Å²) in [6.07, 6.45) is 3.30. The Labute approximate surface area is 95.8 Å². The molecule has 0 spiro atoms. The molecule has 5 heteroatoms. The summed E-state index contributed by atoms with van der Waals surface area (Å²) in [5.74, 6) is -0.423. The molecule has 1 fully saturated rings. The van der Waals surface area contributed by atoms with E-state index in [1.54, 1.807) is 4.90 Å². The molecule has 2 atom stereocenters. The molecular weight excluding hydrogens is 208 g/mol. The number of rotatable bonds is 4. The van der Waals surface area contributed by atoms with Crippen molar-refractivity contribution in [1.82, 2.24) is 10.2 Å². The van der Waals surface area contributed by atoms with Crippen LogP contribution in [0.5, 0.6) is 0 Å². The summed E-state index contributed by atoms with van der Waals surface area (Å²) >= 11 is 0. The van der Waals surface area contributed by atoms with Gasteiger partial charge in [-0.25, -0.2) is 4.79 Å². The van der Waals surface area contributed by atoms with Crippen LogP contribution in [0.15, 0.2) is 0 Å². The number of urea groups is 1. The van der Waals surface area contributed by atoms with Gasteiger partial charge in [0.25, 0.3) is 0 Å². The smallest absolute Gasteiger partial charge is 0.325 e. The molecule has 0 saturated carbocycles. The normalized spacial score (nSPS) is 21.9. The predicted molar refractivity (Wildman–Crippen MR) is 60.2 cm³/mol. The van der Waals surface area contributed by atoms with Crippen molar-refractivity contribution in [2.24, 2.45) is 5.92 Å². The highest BCUT2D eigenvalue weighted by atomic mass is 16.4. The first kappa shape index (κ1) is 12.8. The number of nitrogens with one attached hydrogen (secondary N) is 1. The van der Waals surface area contributed by atoms with Crippen molar-refractivity contribution in [2.45, 2.75) is 39.2 Å². The maximum absolute atomic E-state index is 11.7. The first-order valence-electron chi connectivity index (χ1n) is 5.82. The average Bonchev–Trinajstić information content (AvgIpc) is 2.66. The molecule has 0 bridgehead atoms. The summed E-state index contributed by atoms with van der Waals surface area (Å²) in [5, 5.41) is 11.1. The fourth-order valence-electron chi connectivity index (χ4n) is 2.00. The molecule has 92 valence electrons. The second-order valence-electron chi connectivity index (χ2n) is 4.40. The lowest BCUT2D eigenvalue weighted by Gasteiger charge is -2.19. The van der Waals surface area contributed by atoms with E-state index in [4.69, 9.17) is 5.11 Å². The second kappa shape index (κ2) is 5.72. The molecule has 0 aliphatic carbocycles. The average molecular weight is 228 g/mol. The number of hydrogen-bond donors (Lipinski definition) is 2. The van der Waals surface area contributed by atoms with Gasteiger partial charge in [0.15, 0.2) is 0 Å². The van der Waals surface area contributed by atoms with Crippen molar-refractivity contribution in [3.8, 4) is 0 Å². The van der Waals surface area contributed by atoms with Crippen LogP contribution in [0, 0.1) is 5.92 Å². The topological polar surface area (TPSA) is 69.6 Å². The number of carboxylic acid groups (broad SMARTS) is 1.